The van der Waals surface area contributed by atoms with E-state index >= 15 is 0 Å². The number of hydrogen-bond acceptors (Lipinski definition) is 2. The number of carbonyl (C=O) groups is 2. The topological polar surface area (TPSA) is 77.8 Å². The number of anilines is 1. The zero-order valence-electron chi connectivity index (χ0n) is 7.80. The van der Waals surface area contributed by atoms with Crippen LogP contribution in [0, 0.1) is 0 Å². The maximum atomic E-state index is 10.9. The van der Waals surface area contributed by atoms with Gasteiger partial charge in [0.15, 0.2) is 0 Å². The van der Waals surface area contributed by atoms with Gasteiger partial charge in [-0.05, 0) is 18.1 Å². The normalized spacial score (nSPS) is 13.7. The summed E-state index contributed by atoms with van der Waals surface area (Å²) in [4.78, 5) is 22.9. The molecule has 0 atom stereocenters. The van der Waals surface area contributed by atoms with Crippen molar-refractivity contribution in [3.63, 3.8) is 0 Å². The molecule has 15 heavy (non-hydrogen) atoms. The summed E-state index contributed by atoms with van der Waals surface area (Å²) in [7, 11) is 0. The van der Waals surface area contributed by atoms with Crippen LogP contribution < -0.4 is 4.90 Å². The lowest BCUT2D eigenvalue weighted by Crippen LogP contribution is -2.28. The molecule has 0 aromatic heterocycles. The summed E-state index contributed by atoms with van der Waals surface area (Å²) in [6, 6.07) is 4.81. The van der Waals surface area contributed by atoms with Crippen molar-refractivity contribution in [1.82, 2.24) is 0 Å². The van der Waals surface area contributed by atoms with Crippen LogP contribution in [-0.4, -0.2) is 28.8 Å². The SMILES string of the molecule is O=C(O)c1cccc2c1N(C(=O)O)CC2. The number of carboxylic acid groups (broad SMARTS) is 2. The fraction of sp³-hybridized carbons (Fsp3) is 0.200. The third kappa shape index (κ3) is 1.41. The molecule has 0 saturated heterocycles. The largest absolute Gasteiger partial charge is 0.478 e. The lowest BCUT2D eigenvalue weighted by atomic mass is 10.1. The first-order chi connectivity index (χ1) is 7.11. The Balaban J connectivity index is 2.58. The first-order valence-corrected chi connectivity index (χ1v) is 4.47. The minimum atomic E-state index is -1.11. The highest BCUT2D eigenvalue weighted by Crippen LogP contribution is 2.31. The predicted molar refractivity (Wildman–Crippen MR) is 52.5 cm³/mol. The van der Waals surface area contributed by atoms with Crippen molar-refractivity contribution in [2.75, 3.05) is 11.4 Å². The number of hydrogen-bond donors (Lipinski definition) is 2. The quantitative estimate of drug-likeness (QED) is 0.730. The number of nitrogens with zero attached hydrogens (tertiary/aromatic N) is 1. The highest BCUT2D eigenvalue weighted by Gasteiger charge is 2.28. The molecule has 0 fully saturated rings. The van der Waals surface area contributed by atoms with E-state index in [1.54, 1.807) is 12.1 Å². The molecule has 0 saturated carbocycles. The Morgan fingerprint density at radius 2 is 2.00 bits per heavy atom. The van der Waals surface area contributed by atoms with Crippen LogP contribution in [0.25, 0.3) is 0 Å². The van der Waals surface area contributed by atoms with E-state index in [-0.39, 0.29) is 5.56 Å². The van der Waals surface area contributed by atoms with Crippen molar-refractivity contribution in [1.29, 1.82) is 0 Å². The van der Waals surface area contributed by atoms with Gasteiger partial charge in [0.2, 0.25) is 0 Å². The van der Waals surface area contributed by atoms with Gasteiger partial charge in [-0.2, -0.15) is 0 Å². The second-order valence-electron chi connectivity index (χ2n) is 3.30. The van der Waals surface area contributed by atoms with Crippen molar-refractivity contribution in [2.45, 2.75) is 6.42 Å². The van der Waals surface area contributed by atoms with Gasteiger partial charge in [0.05, 0.1) is 11.3 Å². The summed E-state index contributed by atoms with van der Waals surface area (Å²) in [5.41, 5.74) is 1.14. The number of rotatable bonds is 1. The third-order valence-electron chi connectivity index (χ3n) is 2.46. The lowest BCUT2D eigenvalue weighted by molar-refractivity contribution is 0.0698. The van der Waals surface area contributed by atoms with Gasteiger partial charge >= 0.3 is 12.1 Å². The minimum Gasteiger partial charge on any atom is -0.478 e. The van der Waals surface area contributed by atoms with Gasteiger partial charge in [0, 0.05) is 6.54 Å². The Morgan fingerprint density at radius 3 is 2.60 bits per heavy atom. The second kappa shape index (κ2) is 3.27. The van der Waals surface area contributed by atoms with Crippen LogP contribution >= 0.6 is 0 Å². The fourth-order valence-electron chi connectivity index (χ4n) is 1.82. The molecule has 1 aliphatic rings. The summed E-state index contributed by atoms with van der Waals surface area (Å²) in [5, 5.41) is 17.8. The molecule has 1 aromatic rings. The van der Waals surface area contributed by atoms with Gasteiger partial charge in [-0.3, -0.25) is 4.90 Å². The highest BCUT2D eigenvalue weighted by molar-refractivity contribution is 6.01. The van der Waals surface area contributed by atoms with E-state index in [1.807, 2.05) is 0 Å². The maximum absolute atomic E-state index is 10.9. The molecule has 2 rings (SSSR count). The summed E-state index contributed by atoms with van der Waals surface area (Å²) in [5.74, 6) is -1.10. The molecular weight excluding hydrogens is 198 g/mol. The monoisotopic (exact) mass is 207 g/mol. The van der Waals surface area contributed by atoms with Crippen molar-refractivity contribution >= 4 is 17.7 Å². The van der Waals surface area contributed by atoms with Crippen LogP contribution in [-0.2, 0) is 6.42 Å². The van der Waals surface area contributed by atoms with E-state index in [0.717, 1.165) is 10.5 Å². The average Bonchev–Trinajstić information content (AvgIpc) is 2.60. The predicted octanol–water partition coefficient (Wildman–Crippen LogP) is 1.43. The number of amides is 1. The fourth-order valence-corrected chi connectivity index (χ4v) is 1.82. The van der Waals surface area contributed by atoms with E-state index in [4.69, 9.17) is 10.2 Å². The van der Waals surface area contributed by atoms with Crippen LogP contribution in [0.1, 0.15) is 15.9 Å². The molecule has 1 amide bonds. The van der Waals surface area contributed by atoms with E-state index in [0.29, 0.717) is 18.7 Å². The standard InChI is InChI=1S/C10H9NO4/c12-9(13)7-3-1-2-6-4-5-11(8(6)7)10(14)15/h1-3H,4-5H2,(H,12,13)(H,14,15). The number of carboxylic acids is 1. The number of aromatic carboxylic acids is 1. The second-order valence-corrected chi connectivity index (χ2v) is 3.30. The first kappa shape index (κ1) is 9.51. The molecule has 0 radical (unpaired) electrons. The summed E-state index contributed by atoms with van der Waals surface area (Å²) < 4.78 is 0. The van der Waals surface area contributed by atoms with Gasteiger partial charge in [0.25, 0.3) is 0 Å². The third-order valence-corrected chi connectivity index (χ3v) is 2.46. The van der Waals surface area contributed by atoms with Crippen molar-refractivity contribution in [3.05, 3.63) is 29.3 Å². The van der Waals surface area contributed by atoms with Gasteiger partial charge in [0.1, 0.15) is 0 Å². The summed E-state index contributed by atoms with van der Waals surface area (Å²) >= 11 is 0. The Kier molecular flexibility index (Phi) is 2.07. The molecule has 1 heterocycles. The van der Waals surface area contributed by atoms with E-state index in [1.165, 1.54) is 6.07 Å². The van der Waals surface area contributed by atoms with E-state index < -0.39 is 12.1 Å². The molecule has 0 unspecified atom stereocenters. The Morgan fingerprint density at radius 1 is 1.27 bits per heavy atom. The van der Waals surface area contributed by atoms with E-state index in [9.17, 15) is 9.59 Å². The van der Waals surface area contributed by atoms with Crippen LogP contribution in [0.2, 0.25) is 0 Å². The molecule has 1 aliphatic heterocycles. The molecule has 5 heteroatoms. The van der Waals surface area contributed by atoms with Crippen LogP contribution in [0.3, 0.4) is 0 Å². The van der Waals surface area contributed by atoms with Crippen molar-refractivity contribution in [2.24, 2.45) is 0 Å². The Bertz CT molecular complexity index is 441. The van der Waals surface area contributed by atoms with Crippen molar-refractivity contribution in [3.8, 4) is 0 Å². The molecule has 2 N–H and O–H groups in total. The molecule has 5 nitrogen and oxygen atoms in total. The zero-order chi connectivity index (χ0) is 11.0. The van der Waals surface area contributed by atoms with Gasteiger partial charge in [-0.25, -0.2) is 9.59 Å². The minimum absolute atomic E-state index is 0.0485. The Labute approximate surface area is 85.6 Å². The highest BCUT2D eigenvalue weighted by atomic mass is 16.4. The zero-order valence-corrected chi connectivity index (χ0v) is 7.80. The number of para-hydroxylation sites is 1. The molecule has 1 aromatic carbocycles. The van der Waals surface area contributed by atoms with Crippen molar-refractivity contribution < 1.29 is 19.8 Å². The molecular formula is C10H9NO4. The molecule has 0 bridgehead atoms. The van der Waals surface area contributed by atoms with E-state index in [2.05, 4.69) is 0 Å². The average molecular weight is 207 g/mol. The molecule has 78 valence electrons. The van der Waals surface area contributed by atoms with Gasteiger partial charge in [-0.15, -0.1) is 0 Å². The van der Waals surface area contributed by atoms with Crippen LogP contribution in [0.15, 0.2) is 18.2 Å². The number of benzene rings is 1. The molecule has 0 aliphatic carbocycles. The number of fused-ring (bicyclic) bond motifs is 1. The lowest BCUT2D eigenvalue weighted by Gasteiger charge is -2.14. The smallest absolute Gasteiger partial charge is 0.411 e. The van der Waals surface area contributed by atoms with Gasteiger partial charge < -0.3 is 10.2 Å². The van der Waals surface area contributed by atoms with Crippen LogP contribution in [0.5, 0.6) is 0 Å². The first-order valence-electron chi connectivity index (χ1n) is 4.47. The Hall–Kier alpha value is -2.04. The molecule has 0 spiro atoms. The summed E-state index contributed by atoms with van der Waals surface area (Å²) in [6.07, 6.45) is -0.537. The van der Waals surface area contributed by atoms with Crippen LogP contribution in [0.4, 0.5) is 10.5 Å². The van der Waals surface area contributed by atoms with Gasteiger partial charge in [-0.1, -0.05) is 12.1 Å². The maximum Gasteiger partial charge on any atom is 0.411 e. The summed E-state index contributed by atoms with van der Waals surface area (Å²) in [6.45, 7) is 0.328.